The summed E-state index contributed by atoms with van der Waals surface area (Å²) in [6.07, 6.45) is 13.2. The molecule has 0 N–H and O–H groups in total. The summed E-state index contributed by atoms with van der Waals surface area (Å²) in [6, 6.07) is 0. The monoisotopic (exact) mass is 588 g/mol. The van der Waals surface area contributed by atoms with Crippen molar-refractivity contribution in [3.05, 3.63) is 34.9 Å². The molecule has 0 aliphatic heterocycles. The van der Waals surface area contributed by atoms with Crippen LogP contribution in [0.5, 0.6) is 0 Å². The molecule has 0 aromatic carbocycles. The van der Waals surface area contributed by atoms with Gasteiger partial charge in [0.25, 0.3) is 0 Å². The van der Waals surface area contributed by atoms with Gasteiger partial charge in [0.1, 0.15) is 0 Å². The summed E-state index contributed by atoms with van der Waals surface area (Å²) in [5, 5.41) is 0. The second-order valence-corrected chi connectivity index (χ2v) is 29.4. The SMILES string of the molecule is CC(C)=CCC/C(C)=C/CC/C(C)=C/CCCC(C(=O)O[Si](C)(C)C)P(=O)(O[Si](C)(C)C)O[Si](C)(C)C. The van der Waals surface area contributed by atoms with Crippen molar-refractivity contribution in [3.8, 4) is 0 Å². The molecule has 0 aromatic heterocycles. The van der Waals surface area contributed by atoms with Crippen LogP contribution in [0.3, 0.4) is 0 Å². The standard InChI is InChI=1S/C28H57O5PSi3/c1-24(2)18-16-20-26(4)22-17-21-25(3)19-14-15-23-27(28(29)31-35(5,6)7)34(30,32-36(8,9)10)33-37(11,12)13/h18-19,22,27H,14-17,20-21,23H2,1-13H3/b25-19+,26-22+. The first-order chi connectivity index (χ1) is 16.6. The highest BCUT2D eigenvalue weighted by atomic mass is 31.2. The lowest BCUT2D eigenvalue weighted by Crippen LogP contribution is -2.39. The van der Waals surface area contributed by atoms with Crippen LogP contribution < -0.4 is 0 Å². The van der Waals surface area contributed by atoms with Gasteiger partial charge in [0.05, 0.1) is 0 Å². The summed E-state index contributed by atoms with van der Waals surface area (Å²) in [6.45, 7) is 26.5. The Balaban J connectivity index is 5.38. The molecule has 5 nitrogen and oxygen atoms in total. The molecule has 216 valence electrons. The van der Waals surface area contributed by atoms with E-state index in [-0.39, 0.29) is 0 Å². The molecule has 0 aromatic rings. The third-order valence-electron chi connectivity index (χ3n) is 5.16. The van der Waals surface area contributed by atoms with Gasteiger partial charge < -0.3 is 12.9 Å². The maximum Gasteiger partial charge on any atom is 0.325 e. The number of carbonyl (C=O) groups excluding carboxylic acids is 1. The van der Waals surface area contributed by atoms with E-state index in [2.05, 4.69) is 45.9 Å². The number of hydrogen-bond acceptors (Lipinski definition) is 5. The van der Waals surface area contributed by atoms with Gasteiger partial charge in [-0.3, -0.25) is 9.36 Å². The average Bonchev–Trinajstić information content (AvgIpc) is 2.62. The molecule has 37 heavy (non-hydrogen) atoms. The molecule has 0 amide bonds. The number of hydrogen-bond donors (Lipinski definition) is 0. The van der Waals surface area contributed by atoms with Crippen molar-refractivity contribution in [1.29, 1.82) is 0 Å². The van der Waals surface area contributed by atoms with Crippen molar-refractivity contribution in [2.75, 3.05) is 0 Å². The molecule has 0 saturated heterocycles. The quantitative estimate of drug-likeness (QED) is 0.0732. The molecule has 0 aliphatic rings. The Morgan fingerprint density at radius 2 is 1.14 bits per heavy atom. The van der Waals surface area contributed by atoms with Crippen LogP contribution in [0.25, 0.3) is 0 Å². The minimum absolute atomic E-state index is 0.423. The molecule has 9 heteroatoms. The highest BCUT2D eigenvalue weighted by Gasteiger charge is 2.47. The predicted octanol–water partition coefficient (Wildman–Crippen LogP) is 10.2. The Bertz CT molecular complexity index is 835. The number of rotatable bonds is 17. The van der Waals surface area contributed by atoms with Crippen LogP contribution in [0.1, 0.15) is 72.6 Å². The number of allylic oxidation sites excluding steroid dienone is 6. The molecule has 0 rings (SSSR count). The second-order valence-electron chi connectivity index (χ2n) is 13.4. The van der Waals surface area contributed by atoms with E-state index in [1.807, 2.05) is 58.9 Å². The first kappa shape index (κ1) is 36.5. The minimum Gasteiger partial charge on any atom is -0.519 e. The van der Waals surface area contributed by atoms with Crippen molar-refractivity contribution in [1.82, 2.24) is 0 Å². The summed E-state index contributed by atoms with van der Waals surface area (Å²) < 4.78 is 32.5. The van der Waals surface area contributed by atoms with Crippen LogP contribution in [0.4, 0.5) is 0 Å². The highest BCUT2D eigenvalue weighted by Crippen LogP contribution is 2.59. The zero-order chi connectivity index (χ0) is 29.1. The average molecular weight is 589 g/mol. The molecular formula is C28H57O5PSi3. The maximum atomic E-state index is 14.2. The van der Waals surface area contributed by atoms with E-state index in [1.54, 1.807) is 0 Å². The van der Waals surface area contributed by atoms with E-state index in [1.165, 1.54) is 16.7 Å². The fourth-order valence-electron chi connectivity index (χ4n) is 3.68. The molecule has 0 heterocycles. The third kappa shape index (κ3) is 19.2. The fraction of sp³-hybridized carbons (Fsp3) is 0.750. The molecule has 0 spiro atoms. The topological polar surface area (TPSA) is 61.8 Å². The van der Waals surface area contributed by atoms with E-state index in [0.717, 1.165) is 38.5 Å². The van der Waals surface area contributed by atoms with Crippen LogP contribution in [0.15, 0.2) is 34.9 Å². The van der Waals surface area contributed by atoms with Crippen LogP contribution in [0, 0.1) is 0 Å². The van der Waals surface area contributed by atoms with E-state index < -0.39 is 44.2 Å². The van der Waals surface area contributed by atoms with Crippen molar-refractivity contribution in [2.24, 2.45) is 0 Å². The normalized spacial score (nSPS) is 14.9. The first-order valence-corrected chi connectivity index (χ1v) is 25.7. The molecule has 0 bridgehead atoms. The van der Waals surface area contributed by atoms with Crippen molar-refractivity contribution in [2.45, 2.75) is 137 Å². The Labute approximate surface area is 232 Å². The zero-order valence-electron chi connectivity index (χ0n) is 26.2. The van der Waals surface area contributed by atoms with Gasteiger partial charge in [-0.25, -0.2) is 0 Å². The van der Waals surface area contributed by atoms with Gasteiger partial charge >= 0.3 is 13.6 Å². The Morgan fingerprint density at radius 3 is 1.54 bits per heavy atom. The lowest BCUT2D eigenvalue weighted by atomic mass is 10.1. The number of unbranched alkanes of at least 4 members (excludes halogenated alkanes) is 1. The van der Waals surface area contributed by atoms with Crippen LogP contribution in [0.2, 0.25) is 58.9 Å². The summed E-state index contributed by atoms with van der Waals surface area (Å²) in [5.74, 6) is -0.423. The fourth-order valence-corrected chi connectivity index (χ4v) is 12.9. The van der Waals surface area contributed by atoms with Gasteiger partial charge in [-0.2, -0.15) is 0 Å². The van der Waals surface area contributed by atoms with Crippen LogP contribution in [-0.2, 0) is 22.2 Å². The Hall–Kier alpha value is -0.509. The Morgan fingerprint density at radius 1 is 0.703 bits per heavy atom. The molecule has 0 radical (unpaired) electrons. The smallest absolute Gasteiger partial charge is 0.325 e. The zero-order valence-corrected chi connectivity index (χ0v) is 30.1. The lowest BCUT2D eigenvalue weighted by molar-refractivity contribution is -0.135. The van der Waals surface area contributed by atoms with Crippen molar-refractivity contribution >= 4 is 38.5 Å². The molecule has 1 unspecified atom stereocenters. The van der Waals surface area contributed by atoms with Crippen LogP contribution >= 0.6 is 7.60 Å². The highest BCUT2D eigenvalue weighted by molar-refractivity contribution is 7.58. The minimum atomic E-state index is -3.68. The Kier molecular flexibility index (Phi) is 15.7. The van der Waals surface area contributed by atoms with Crippen molar-refractivity contribution < 1.29 is 22.2 Å². The summed E-state index contributed by atoms with van der Waals surface area (Å²) in [5.41, 5.74) is 3.28. The van der Waals surface area contributed by atoms with E-state index >= 15 is 0 Å². The second kappa shape index (κ2) is 15.9. The van der Waals surface area contributed by atoms with Crippen molar-refractivity contribution in [3.63, 3.8) is 0 Å². The van der Waals surface area contributed by atoms with Gasteiger partial charge in [0.15, 0.2) is 22.3 Å². The number of carbonyl (C=O) groups is 1. The molecule has 0 fully saturated rings. The molecule has 0 saturated carbocycles. The van der Waals surface area contributed by atoms with Gasteiger partial charge in [-0.1, -0.05) is 34.9 Å². The van der Waals surface area contributed by atoms with Gasteiger partial charge in [0, 0.05) is 0 Å². The summed E-state index contributed by atoms with van der Waals surface area (Å²) >= 11 is 0. The molecule has 0 aliphatic carbocycles. The summed E-state index contributed by atoms with van der Waals surface area (Å²) in [7, 11) is -10.3. The molecule has 1 atom stereocenters. The van der Waals surface area contributed by atoms with E-state index in [4.69, 9.17) is 12.9 Å². The summed E-state index contributed by atoms with van der Waals surface area (Å²) in [4.78, 5) is 13.3. The van der Waals surface area contributed by atoms with Gasteiger partial charge in [-0.15, -0.1) is 0 Å². The lowest BCUT2D eigenvalue weighted by Gasteiger charge is -2.35. The van der Waals surface area contributed by atoms with Gasteiger partial charge in [-0.05, 0) is 132 Å². The van der Waals surface area contributed by atoms with Crippen LogP contribution in [-0.4, -0.2) is 36.6 Å². The first-order valence-electron chi connectivity index (χ1n) is 13.8. The van der Waals surface area contributed by atoms with E-state index in [0.29, 0.717) is 6.42 Å². The van der Waals surface area contributed by atoms with E-state index in [9.17, 15) is 9.36 Å². The predicted molar refractivity (Wildman–Crippen MR) is 169 cm³/mol. The maximum absolute atomic E-state index is 14.2. The van der Waals surface area contributed by atoms with Gasteiger partial charge in [0.2, 0.25) is 8.32 Å². The molecular weight excluding hydrogens is 532 g/mol. The largest absolute Gasteiger partial charge is 0.519 e. The third-order valence-corrected chi connectivity index (χ3v) is 13.6.